The van der Waals surface area contributed by atoms with Gasteiger partial charge in [-0.15, -0.1) is 11.8 Å². The summed E-state index contributed by atoms with van der Waals surface area (Å²) in [5.74, 6) is 1.37. The number of β-amino-alcohol motifs (C(OH)–C–C–N with tert-alkyl or cyclic N) is 1. The maximum atomic E-state index is 11.9. The number of hydrogen-bond donors (Lipinski definition) is 1. The van der Waals surface area contributed by atoms with Gasteiger partial charge in [0, 0.05) is 13.1 Å². The Hall–Kier alpha value is -0.220. The number of likely N-dealkylation sites (tertiary alicyclic amines) is 1. The number of rotatable bonds is 1. The van der Waals surface area contributed by atoms with Gasteiger partial charge in [0.05, 0.1) is 11.4 Å². The minimum absolute atomic E-state index is 0.175. The largest absolute Gasteiger partial charge is 0.391 e. The number of nitrogens with zero attached hydrogens (tertiary/aromatic N) is 1. The van der Waals surface area contributed by atoms with E-state index in [1.807, 2.05) is 4.90 Å². The van der Waals surface area contributed by atoms with Gasteiger partial charge in [-0.05, 0) is 25.0 Å². The van der Waals surface area contributed by atoms with Gasteiger partial charge >= 0.3 is 0 Å². The van der Waals surface area contributed by atoms with Crippen molar-refractivity contribution in [3.05, 3.63) is 0 Å². The Morgan fingerprint density at radius 2 is 2.21 bits per heavy atom. The Bertz CT molecular complexity index is 209. The van der Waals surface area contributed by atoms with Crippen LogP contribution in [0.2, 0.25) is 0 Å². The van der Waals surface area contributed by atoms with E-state index in [4.69, 9.17) is 0 Å². The van der Waals surface area contributed by atoms with E-state index in [-0.39, 0.29) is 17.3 Å². The van der Waals surface area contributed by atoms with E-state index in [9.17, 15) is 9.90 Å². The van der Waals surface area contributed by atoms with Crippen molar-refractivity contribution in [1.82, 2.24) is 4.90 Å². The average Bonchev–Trinajstić information content (AvgIpc) is 2.65. The van der Waals surface area contributed by atoms with Crippen LogP contribution in [0.4, 0.5) is 0 Å². The van der Waals surface area contributed by atoms with Crippen LogP contribution in [0, 0.1) is 0 Å². The molecule has 0 aliphatic carbocycles. The smallest absolute Gasteiger partial charge is 0.235 e. The van der Waals surface area contributed by atoms with Crippen LogP contribution in [-0.2, 0) is 4.79 Å². The molecular weight excluding hydrogens is 198 g/mol. The fourth-order valence-electron chi connectivity index (χ4n) is 2.08. The van der Waals surface area contributed by atoms with Crippen LogP contribution in [0.25, 0.3) is 0 Å². The minimum atomic E-state index is -0.285. The number of aliphatic hydroxyl groups excluding tert-OH is 1. The molecule has 2 aliphatic rings. The lowest BCUT2D eigenvalue weighted by Crippen LogP contribution is -2.37. The van der Waals surface area contributed by atoms with Crippen molar-refractivity contribution >= 4 is 17.7 Å². The van der Waals surface area contributed by atoms with Crippen molar-refractivity contribution in [2.75, 3.05) is 18.8 Å². The van der Waals surface area contributed by atoms with Gasteiger partial charge in [-0.1, -0.05) is 6.42 Å². The fraction of sp³-hybridized carbons (Fsp3) is 0.900. The standard InChI is InChI=1S/C10H17NO2S/c12-8-4-5-11(7-8)10(13)9-3-1-2-6-14-9/h8-9,12H,1-7H2/t8-,9?/m1/s1. The SMILES string of the molecule is O=C(C1CCCCS1)N1CC[C@@H](O)C1. The normalized spacial score (nSPS) is 33.4. The van der Waals surface area contributed by atoms with Gasteiger partial charge in [0.2, 0.25) is 5.91 Å². The van der Waals surface area contributed by atoms with Crippen LogP contribution >= 0.6 is 11.8 Å². The molecule has 2 atom stereocenters. The quantitative estimate of drug-likeness (QED) is 0.705. The van der Waals surface area contributed by atoms with Crippen molar-refractivity contribution in [2.24, 2.45) is 0 Å². The molecule has 1 amide bonds. The summed E-state index contributed by atoms with van der Waals surface area (Å²) in [5.41, 5.74) is 0. The van der Waals surface area contributed by atoms with Crippen molar-refractivity contribution in [2.45, 2.75) is 37.0 Å². The molecule has 0 aromatic carbocycles. The van der Waals surface area contributed by atoms with Crippen LogP contribution in [0.1, 0.15) is 25.7 Å². The Morgan fingerprint density at radius 1 is 1.36 bits per heavy atom. The Balaban J connectivity index is 1.87. The van der Waals surface area contributed by atoms with Crippen molar-refractivity contribution in [1.29, 1.82) is 0 Å². The first-order chi connectivity index (χ1) is 6.77. The molecule has 2 saturated heterocycles. The van der Waals surface area contributed by atoms with E-state index in [0.717, 1.165) is 25.1 Å². The molecule has 1 N–H and O–H groups in total. The highest BCUT2D eigenvalue weighted by Crippen LogP contribution is 2.27. The lowest BCUT2D eigenvalue weighted by atomic mass is 10.2. The zero-order valence-electron chi connectivity index (χ0n) is 8.32. The molecule has 2 aliphatic heterocycles. The van der Waals surface area contributed by atoms with Crippen molar-refractivity contribution in [3.63, 3.8) is 0 Å². The van der Waals surface area contributed by atoms with Crippen LogP contribution in [-0.4, -0.2) is 46.1 Å². The van der Waals surface area contributed by atoms with Crippen LogP contribution in [0.3, 0.4) is 0 Å². The second-order valence-corrected chi connectivity index (χ2v) is 5.39. The number of aliphatic hydroxyl groups is 1. The fourth-order valence-corrected chi connectivity index (χ4v) is 3.36. The average molecular weight is 215 g/mol. The molecule has 80 valence electrons. The first-order valence-electron chi connectivity index (χ1n) is 5.36. The topological polar surface area (TPSA) is 40.5 Å². The highest BCUT2D eigenvalue weighted by atomic mass is 32.2. The summed E-state index contributed by atoms with van der Waals surface area (Å²) in [6.45, 7) is 1.30. The summed E-state index contributed by atoms with van der Waals surface area (Å²) in [6, 6.07) is 0. The maximum absolute atomic E-state index is 11.9. The first-order valence-corrected chi connectivity index (χ1v) is 6.40. The van der Waals surface area contributed by atoms with Crippen LogP contribution in [0.5, 0.6) is 0 Å². The number of thioether (sulfide) groups is 1. The molecule has 0 bridgehead atoms. The van der Waals surface area contributed by atoms with Crippen LogP contribution < -0.4 is 0 Å². The van der Waals surface area contributed by atoms with E-state index in [2.05, 4.69) is 0 Å². The Kier molecular flexibility index (Phi) is 3.34. The third-order valence-electron chi connectivity index (χ3n) is 2.93. The molecule has 2 heterocycles. The van der Waals surface area contributed by atoms with Gasteiger partial charge in [0.15, 0.2) is 0 Å². The summed E-state index contributed by atoms with van der Waals surface area (Å²) in [6.07, 6.45) is 3.92. The lowest BCUT2D eigenvalue weighted by Gasteiger charge is -2.25. The molecule has 0 spiro atoms. The maximum Gasteiger partial charge on any atom is 0.235 e. The molecule has 2 fully saturated rings. The summed E-state index contributed by atoms with van der Waals surface area (Å²) in [7, 11) is 0. The molecule has 0 aromatic heterocycles. The molecule has 0 aromatic rings. The number of carbonyl (C=O) groups is 1. The van der Waals surface area contributed by atoms with E-state index in [0.29, 0.717) is 6.54 Å². The van der Waals surface area contributed by atoms with E-state index >= 15 is 0 Å². The lowest BCUT2D eigenvalue weighted by molar-refractivity contribution is -0.130. The van der Waals surface area contributed by atoms with Gasteiger partial charge in [-0.2, -0.15) is 0 Å². The molecule has 1 unspecified atom stereocenters. The predicted octanol–water partition coefficient (Wildman–Crippen LogP) is 0.865. The highest BCUT2D eigenvalue weighted by Gasteiger charge is 2.30. The first kappa shape index (κ1) is 10.3. The van der Waals surface area contributed by atoms with E-state index < -0.39 is 0 Å². The zero-order valence-corrected chi connectivity index (χ0v) is 9.13. The van der Waals surface area contributed by atoms with Gasteiger partial charge in [-0.25, -0.2) is 0 Å². The monoisotopic (exact) mass is 215 g/mol. The third kappa shape index (κ3) is 2.23. The summed E-state index contributed by atoms with van der Waals surface area (Å²) < 4.78 is 0. The summed E-state index contributed by atoms with van der Waals surface area (Å²) in [4.78, 5) is 13.8. The third-order valence-corrected chi connectivity index (χ3v) is 4.29. The second-order valence-electron chi connectivity index (χ2n) is 4.08. The van der Waals surface area contributed by atoms with E-state index in [1.54, 1.807) is 11.8 Å². The molecule has 0 radical (unpaired) electrons. The van der Waals surface area contributed by atoms with Gasteiger partial charge in [0.25, 0.3) is 0 Å². The van der Waals surface area contributed by atoms with Gasteiger partial charge in [0.1, 0.15) is 0 Å². The zero-order chi connectivity index (χ0) is 9.97. The number of amides is 1. The Labute approximate surface area is 88.9 Å². The Morgan fingerprint density at radius 3 is 2.79 bits per heavy atom. The molecule has 2 rings (SSSR count). The van der Waals surface area contributed by atoms with Gasteiger partial charge in [-0.3, -0.25) is 4.79 Å². The molecule has 14 heavy (non-hydrogen) atoms. The predicted molar refractivity (Wildman–Crippen MR) is 57.3 cm³/mol. The van der Waals surface area contributed by atoms with Crippen molar-refractivity contribution in [3.8, 4) is 0 Å². The second kappa shape index (κ2) is 4.53. The molecular formula is C10H17NO2S. The minimum Gasteiger partial charge on any atom is -0.391 e. The summed E-state index contributed by atoms with van der Waals surface area (Å²) in [5, 5.41) is 9.52. The number of hydrogen-bond acceptors (Lipinski definition) is 3. The highest BCUT2D eigenvalue weighted by molar-refractivity contribution is 8.00. The molecule has 0 saturated carbocycles. The molecule has 4 heteroatoms. The van der Waals surface area contributed by atoms with Crippen molar-refractivity contribution < 1.29 is 9.90 Å². The van der Waals surface area contributed by atoms with Crippen LogP contribution in [0.15, 0.2) is 0 Å². The molecule has 3 nitrogen and oxygen atoms in total. The summed E-state index contributed by atoms with van der Waals surface area (Å²) >= 11 is 1.79. The van der Waals surface area contributed by atoms with E-state index in [1.165, 1.54) is 12.8 Å². The van der Waals surface area contributed by atoms with Gasteiger partial charge < -0.3 is 10.0 Å². The number of carbonyl (C=O) groups excluding carboxylic acids is 1.